The average molecular weight is 261 g/mol. The number of aryl methyl sites for hydroxylation is 1. The van der Waals surface area contributed by atoms with Crippen LogP contribution in [-0.4, -0.2) is 23.7 Å². The third kappa shape index (κ3) is 3.72. The monoisotopic (exact) mass is 261 g/mol. The third-order valence-corrected chi connectivity index (χ3v) is 4.01. The first-order valence-electron chi connectivity index (χ1n) is 7.22. The number of hydrogen-bond donors (Lipinski definition) is 1. The number of carbonyl (C=O) groups is 1. The summed E-state index contributed by atoms with van der Waals surface area (Å²) < 4.78 is 0. The minimum Gasteiger partial charge on any atom is -0.481 e. The van der Waals surface area contributed by atoms with Crippen LogP contribution >= 0.6 is 0 Å². The van der Waals surface area contributed by atoms with Gasteiger partial charge in [-0.2, -0.15) is 0 Å². The Balaban J connectivity index is 2.17. The second-order valence-electron chi connectivity index (χ2n) is 5.42. The molecule has 0 aromatic heterocycles. The van der Waals surface area contributed by atoms with Crippen molar-refractivity contribution in [2.45, 2.75) is 51.5 Å². The quantitative estimate of drug-likeness (QED) is 0.880. The maximum Gasteiger partial charge on any atom is 0.305 e. The van der Waals surface area contributed by atoms with Gasteiger partial charge in [0.15, 0.2) is 0 Å². The number of para-hydroxylation sites is 1. The first kappa shape index (κ1) is 13.9. The minimum atomic E-state index is -0.714. The van der Waals surface area contributed by atoms with Gasteiger partial charge in [-0.25, -0.2) is 0 Å². The van der Waals surface area contributed by atoms with E-state index >= 15 is 0 Å². The van der Waals surface area contributed by atoms with E-state index in [0.29, 0.717) is 12.6 Å². The Morgan fingerprint density at radius 3 is 2.58 bits per heavy atom. The van der Waals surface area contributed by atoms with Gasteiger partial charge in [0.2, 0.25) is 0 Å². The van der Waals surface area contributed by atoms with Crippen molar-refractivity contribution in [1.29, 1.82) is 0 Å². The molecule has 0 atom stereocenters. The van der Waals surface area contributed by atoms with Crippen LogP contribution in [-0.2, 0) is 4.79 Å². The SMILES string of the molecule is Cc1ccccc1N(CCC(=O)O)C1CCCCC1. The van der Waals surface area contributed by atoms with Crippen LogP contribution in [0.1, 0.15) is 44.1 Å². The zero-order valence-electron chi connectivity index (χ0n) is 11.6. The highest BCUT2D eigenvalue weighted by Crippen LogP contribution is 2.29. The fourth-order valence-corrected chi connectivity index (χ4v) is 2.99. The molecule has 0 bridgehead atoms. The maximum atomic E-state index is 10.9. The van der Waals surface area contributed by atoms with E-state index in [4.69, 9.17) is 5.11 Å². The summed E-state index contributed by atoms with van der Waals surface area (Å²) >= 11 is 0. The summed E-state index contributed by atoms with van der Waals surface area (Å²) in [5, 5.41) is 8.95. The molecule has 1 saturated carbocycles. The first-order valence-corrected chi connectivity index (χ1v) is 7.22. The number of carboxylic acid groups (broad SMARTS) is 1. The Bertz CT molecular complexity index is 425. The molecule has 3 nitrogen and oxygen atoms in total. The van der Waals surface area contributed by atoms with E-state index in [1.54, 1.807) is 0 Å². The van der Waals surface area contributed by atoms with E-state index in [2.05, 4.69) is 24.0 Å². The normalized spacial score (nSPS) is 16.3. The summed E-state index contributed by atoms with van der Waals surface area (Å²) in [6.45, 7) is 2.72. The fraction of sp³-hybridized carbons (Fsp3) is 0.562. The van der Waals surface area contributed by atoms with Crippen LogP contribution in [0, 0.1) is 6.92 Å². The Morgan fingerprint density at radius 2 is 1.95 bits per heavy atom. The Kier molecular flexibility index (Phi) is 4.83. The van der Waals surface area contributed by atoms with Gasteiger partial charge in [-0.05, 0) is 31.4 Å². The first-order chi connectivity index (χ1) is 9.18. The van der Waals surface area contributed by atoms with Gasteiger partial charge < -0.3 is 10.0 Å². The fourth-order valence-electron chi connectivity index (χ4n) is 2.99. The zero-order valence-corrected chi connectivity index (χ0v) is 11.6. The van der Waals surface area contributed by atoms with Crippen molar-refractivity contribution in [2.24, 2.45) is 0 Å². The van der Waals surface area contributed by atoms with Crippen molar-refractivity contribution < 1.29 is 9.90 Å². The van der Waals surface area contributed by atoms with Gasteiger partial charge in [0.1, 0.15) is 0 Å². The van der Waals surface area contributed by atoms with Gasteiger partial charge in [-0.3, -0.25) is 4.79 Å². The van der Waals surface area contributed by atoms with Crippen molar-refractivity contribution in [2.75, 3.05) is 11.4 Å². The highest BCUT2D eigenvalue weighted by Gasteiger charge is 2.22. The highest BCUT2D eigenvalue weighted by atomic mass is 16.4. The van der Waals surface area contributed by atoms with E-state index < -0.39 is 5.97 Å². The number of nitrogens with zero attached hydrogens (tertiary/aromatic N) is 1. The summed E-state index contributed by atoms with van der Waals surface area (Å²) in [4.78, 5) is 13.2. The number of hydrogen-bond acceptors (Lipinski definition) is 2. The number of rotatable bonds is 5. The van der Waals surface area contributed by atoms with Crippen LogP contribution in [0.15, 0.2) is 24.3 Å². The van der Waals surface area contributed by atoms with Gasteiger partial charge >= 0.3 is 5.97 Å². The summed E-state index contributed by atoms with van der Waals surface area (Å²) in [5.74, 6) is -0.714. The summed E-state index contributed by atoms with van der Waals surface area (Å²) in [7, 11) is 0. The highest BCUT2D eigenvalue weighted by molar-refractivity contribution is 5.68. The molecule has 19 heavy (non-hydrogen) atoms. The molecule has 0 heterocycles. The molecule has 0 aliphatic heterocycles. The molecule has 2 rings (SSSR count). The lowest BCUT2D eigenvalue weighted by Crippen LogP contribution is -2.38. The van der Waals surface area contributed by atoms with Gasteiger partial charge in [-0.15, -0.1) is 0 Å². The predicted molar refractivity (Wildman–Crippen MR) is 77.7 cm³/mol. The summed E-state index contributed by atoms with van der Waals surface area (Å²) in [6, 6.07) is 8.81. The average Bonchev–Trinajstić information content (AvgIpc) is 2.42. The Labute approximate surface area is 115 Å². The molecule has 3 heteroatoms. The lowest BCUT2D eigenvalue weighted by molar-refractivity contribution is -0.136. The summed E-state index contributed by atoms with van der Waals surface area (Å²) in [6.07, 6.45) is 6.43. The predicted octanol–water partition coefficient (Wildman–Crippen LogP) is 3.61. The molecule has 0 spiro atoms. The Morgan fingerprint density at radius 1 is 1.26 bits per heavy atom. The van der Waals surface area contributed by atoms with Crippen LogP contribution in [0.25, 0.3) is 0 Å². The molecule has 1 fully saturated rings. The van der Waals surface area contributed by atoms with Crippen LogP contribution in [0.5, 0.6) is 0 Å². The molecule has 0 radical (unpaired) electrons. The van der Waals surface area contributed by atoms with Gasteiger partial charge in [0, 0.05) is 18.3 Å². The molecule has 1 N–H and O–H groups in total. The van der Waals surface area contributed by atoms with Crippen molar-refractivity contribution in [1.82, 2.24) is 0 Å². The number of anilines is 1. The topological polar surface area (TPSA) is 40.5 Å². The van der Waals surface area contributed by atoms with Crippen molar-refractivity contribution in [3.63, 3.8) is 0 Å². The van der Waals surface area contributed by atoms with Gasteiger partial charge in [0.25, 0.3) is 0 Å². The van der Waals surface area contributed by atoms with Crippen molar-refractivity contribution >= 4 is 11.7 Å². The summed E-state index contributed by atoms with van der Waals surface area (Å²) in [5.41, 5.74) is 2.44. The zero-order chi connectivity index (χ0) is 13.7. The molecule has 1 aromatic rings. The van der Waals surface area contributed by atoms with Gasteiger partial charge in [-0.1, -0.05) is 37.5 Å². The van der Waals surface area contributed by atoms with E-state index in [1.165, 1.54) is 43.4 Å². The van der Waals surface area contributed by atoms with Crippen molar-refractivity contribution in [3.05, 3.63) is 29.8 Å². The van der Waals surface area contributed by atoms with Gasteiger partial charge in [0.05, 0.1) is 6.42 Å². The molecule has 1 aliphatic rings. The molecule has 1 aromatic carbocycles. The number of aliphatic carboxylic acids is 1. The molecule has 0 saturated heterocycles. The van der Waals surface area contributed by atoms with E-state index in [1.807, 2.05) is 12.1 Å². The van der Waals surface area contributed by atoms with Crippen LogP contribution in [0.4, 0.5) is 5.69 Å². The van der Waals surface area contributed by atoms with E-state index in [-0.39, 0.29) is 6.42 Å². The van der Waals surface area contributed by atoms with Crippen LogP contribution in [0.3, 0.4) is 0 Å². The number of carboxylic acids is 1. The number of benzene rings is 1. The largest absolute Gasteiger partial charge is 0.481 e. The van der Waals surface area contributed by atoms with Crippen molar-refractivity contribution in [3.8, 4) is 0 Å². The van der Waals surface area contributed by atoms with Crippen LogP contribution in [0.2, 0.25) is 0 Å². The molecule has 0 amide bonds. The standard InChI is InChI=1S/C16H23NO2/c1-13-7-5-6-10-15(13)17(12-11-16(18)19)14-8-3-2-4-9-14/h5-7,10,14H,2-4,8-9,11-12H2,1H3,(H,18,19). The minimum absolute atomic E-state index is 0.213. The second-order valence-corrected chi connectivity index (χ2v) is 5.42. The van der Waals surface area contributed by atoms with E-state index in [0.717, 1.165) is 0 Å². The van der Waals surface area contributed by atoms with E-state index in [9.17, 15) is 4.79 Å². The smallest absolute Gasteiger partial charge is 0.305 e. The molecular weight excluding hydrogens is 238 g/mol. The second kappa shape index (κ2) is 6.60. The molecule has 1 aliphatic carbocycles. The molecule has 104 valence electrons. The Hall–Kier alpha value is -1.51. The lowest BCUT2D eigenvalue weighted by Gasteiger charge is -2.36. The molecular formula is C16H23NO2. The lowest BCUT2D eigenvalue weighted by atomic mass is 9.93. The third-order valence-electron chi connectivity index (χ3n) is 4.01. The maximum absolute atomic E-state index is 10.9. The van der Waals surface area contributed by atoms with Crippen LogP contribution < -0.4 is 4.90 Å². The molecule has 0 unspecified atom stereocenters.